The lowest BCUT2D eigenvalue weighted by atomic mass is 10.1. The lowest BCUT2D eigenvalue weighted by Crippen LogP contribution is -2.48. The molecule has 0 spiro atoms. The number of hydrazine groups is 1. The molecule has 0 radical (unpaired) electrons. The molecule has 4 heteroatoms. The Morgan fingerprint density at radius 1 is 1.33 bits per heavy atom. The second-order valence-electron chi connectivity index (χ2n) is 5.12. The lowest BCUT2D eigenvalue weighted by Gasteiger charge is -2.32. The smallest absolute Gasteiger partial charge is 0.270 e. The molecule has 0 aliphatic carbocycles. The quantitative estimate of drug-likeness (QED) is 0.866. The molecule has 18 heavy (non-hydrogen) atoms. The van der Waals surface area contributed by atoms with Crippen molar-refractivity contribution in [1.82, 2.24) is 10.0 Å². The predicted octanol–water partition coefficient (Wildman–Crippen LogP) is 1.72. The number of nitrogens with zero attached hydrogens (tertiary/aromatic N) is 2. The number of hydrogen-bond donors (Lipinski definition) is 1. The van der Waals surface area contributed by atoms with Crippen LogP contribution in [0.3, 0.4) is 0 Å². The molecule has 2 atom stereocenters. The molecule has 0 unspecified atom stereocenters. The number of benzene rings is 1. The van der Waals surface area contributed by atoms with Gasteiger partial charge in [-0.1, -0.05) is 25.1 Å². The zero-order valence-corrected chi connectivity index (χ0v) is 11.1. The fraction of sp³-hybridized carbons (Fsp3) is 0.500. The van der Waals surface area contributed by atoms with Gasteiger partial charge in [0.25, 0.3) is 5.91 Å². The maximum absolute atomic E-state index is 12.4. The fourth-order valence-corrected chi connectivity index (χ4v) is 2.28. The van der Waals surface area contributed by atoms with Gasteiger partial charge in [0.1, 0.15) is 6.23 Å². The molecular weight excluding hydrogens is 228 g/mol. The van der Waals surface area contributed by atoms with Gasteiger partial charge in [0, 0.05) is 24.1 Å². The summed E-state index contributed by atoms with van der Waals surface area (Å²) in [6.45, 7) is 6.71. The Bertz CT molecular complexity index is 419. The minimum Gasteiger partial charge on any atom is -0.372 e. The van der Waals surface area contributed by atoms with Gasteiger partial charge in [-0.05, 0) is 26.0 Å². The highest BCUT2D eigenvalue weighted by Gasteiger charge is 2.40. The molecule has 0 aromatic heterocycles. The standard InChI is InChI=1S/C14H20N2O2/c1-10(2)15-9-11(3)13(17)16(15)14(18)12-7-5-4-6-8-12/h4-8,10-11,13,17H,9H2,1-3H3/t11-,13-/m0/s1. The summed E-state index contributed by atoms with van der Waals surface area (Å²) >= 11 is 0. The Morgan fingerprint density at radius 3 is 2.50 bits per heavy atom. The van der Waals surface area contributed by atoms with Gasteiger partial charge in [0.05, 0.1) is 0 Å². The first kappa shape index (κ1) is 13.1. The topological polar surface area (TPSA) is 43.8 Å². The molecule has 1 aromatic carbocycles. The van der Waals surface area contributed by atoms with Gasteiger partial charge in [-0.25, -0.2) is 10.0 Å². The number of amides is 1. The number of aliphatic hydroxyl groups excluding tert-OH is 1. The van der Waals surface area contributed by atoms with E-state index in [9.17, 15) is 9.90 Å². The van der Waals surface area contributed by atoms with Gasteiger partial charge >= 0.3 is 0 Å². The van der Waals surface area contributed by atoms with Crippen molar-refractivity contribution >= 4 is 5.91 Å². The van der Waals surface area contributed by atoms with Crippen LogP contribution in [-0.4, -0.2) is 39.8 Å². The van der Waals surface area contributed by atoms with Crippen LogP contribution in [0.4, 0.5) is 0 Å². The largest absolute Gasteiger partial charge is 0.372 e. The zero-order chi connectivity index (χ0) is 13.3. The van der Waals surface area contributed by atoms with Crippen LogP contribution < -0.4 is 0 Å². The van der Waals surface area contributed by atoms with Crippen molar-refractivity contribution in [2.75, 3.05) is 6.54 Å². The van der Waals surface area contributed by atoms with Gasteiger partial charge in [0.15, 0.2) is 0 Å². The number of hydrogen-bond acceptors (Lipinski definition) is 3. The van der Waals surface area contributed by atoms with E-state index >= 15 is 0 Å². The Hall–Kier alpha value is -1.39. The van der Waals surface area contributed by atoms with E-state index in [4.69, 9.17) is 0 Å². The van der Waals surface area contributed by atoms with E-state index in [1.54, 1.807) is 12.1 Å². The number of carbonyl (C=O) groups excluding carboxylic acids is 1. The van der Waals surface area contributed by atoms with Gasteiger partial charge < -0.3 is 5.11 Å². The van der Waals surface area contributed by atoms with Crippen LogP contribution >= 0.6 is 0 Å². The minimum atomic E-state index is -0.736. The summed E-state index contributed by atoms with van der Waals surface area (Å²) in [6, 6.07) is 9.28. The highest BCUT2D eigenvalue weighted by molar-refractivity contribution is 5.94. The summed E-state index contributed by atoms with van der Waals surface area (Å²) in [5.41, 5.74) is 0.608. The van der Waals surface area contributed by atoms with Crippen molar-refractivity contribution < 1.29 is 9.90 Å². The van der Waals surface area contributed by atoms with E-state index in [2.05, 4.69) is 0 Å². The van der Waals surface area contributed by atoms with Crippen LogP contribution in [-0.2, 0) is 0 Å². The van der Waals surface area contributed by atoms with Crippen LogP contribution in [0.5, 0.6) is 0 Å². The van der Waals surface area contributed by atoms with E-state index < -0.39 is 6.23 Å². The summed E-state index contributed by atoms with van der Waals surface area (Å²) in [7, 11) is 0. The van der Waals surface area contributed by atoms with E-state index in [0.717, 1.165) is 0 Å². The molecule has 1 saturated heterocycles. The Balaban J connectivity index is 2.27. The molecule has 98 valence electrons. The van der Waals surface area contributed by atoms with Crippen molar-refractivity contribution in [3.63, 3.8) is 0 Å². The van der Waals surface area contributed by atoms with Gasteiger partial charge in [-0.2, -0.15) is 0 Å². The van der Waals surface area contributed by atoms with E-state index in [1.165, 1.54) is 5.01 Å². The average Bonchev–Trinajstić information content (AvgIpc) is 2.66. The van der Waals surface area contributed by atoms with Crippen LogP contribution in [0.15, 0.2) is 30.3 Å². The van der Waals surface area contributed by atoms with Crippen molar-refractivity contribution in [2.24, 2.45) is 5.92 Å². The summed E-state index contributed by atoms with van der Waals surface area (Å²) in [5, 5.41) is 13.6. The maximum Gasteiger partial charge on any atom is 0.270 e. The van der Waals surface area contributed by atoms with Crippen molar-refractivity contribution in [2.45, 2.75) is 33.0 Å². The zero-order valence-electron chi connectivity index (χ0n) is 11.1. The molecule has 0 saturated carbocycles. The third-order valence-corrected chi connectivity index (χ3v) is 3.34. The van der Waals surface area contributed by atoms with Crippen molar-refractivity contribution in [3.05, 3.63) is 35.9 Å². The maximum atomic E-state index is 12.4. The molecule has 1 fully saturated rings. The van der Waals surface area contributed by atoms with Gasteiger partial charge in [0.2, 0.25) is 0 Å². The second-order valence-corrected chi connectivity index (χ2v) is 5.12. The third-order valence-electron chi connectivity index (χ3n) is 3.34. The monoisotopic (exact) mass is 248 g/mol. The van der Waals surface area contributed by atoms with Crippen molar-refractivity contribution in [3.8, 4) is 0 Å². The second kappa shape index (κ2) is 5.08. The molecule has 2 rings (SSSR count). The molecule has 1 aromatic rings. The van der Waals surface area contributed by atoms with E-state index in [0.29, 0.717) is 12.1 Å². The molecule has 1 aliphatic rings. The van der Waals surface area contributed by atoms with Crippen LogP contribution in [0, 0.1) is 5.92 Å². The first-order chi connectivity index (χ1) is 8.52. The summed E-state index contributed by atoms with van der Waals surface area (Å²) in [6.07, 6.45) is -0.736. The van der Waals surface area contributed by atoms with E-state index in [-0.39, 0.29) is 17.9 Å². The van der Waals surface area contributed by atoms with Crippen molar-refractivity contribution in [1.29, 1.82) is 0 Å². The summed E-state index contributed by atoms with van der Waals surface area (Å²) in [4.78, 5) is 12.4. The molecule has 1 heterocycles. The number of rotatable bonds is 2. The van der Waals surface area contributed by atoms with Gasteiger partial charge in [-0.15, -0.1) is 0 Å². The average molecular weight is 248 g/mol. The number of carbonyl (C=O) groups is 1. The van der Waals surface area contributed by atoms with Crippen LogP contribution in [0.25, 0.3) is 0 Å². The molecule has 1 N–H and O–H groups in total. The Labute approximate surface area is 108 Å². The summed E-state index contributed by atoms with van der Waals surface area (Å²) < 4.78 is 0. The predicted molar refractivity (Wildman–Crippen MR) is 69.6 cm³/mol. The normalized spacial score (nSPS) is 24.8. The first-order valence-corrected chi connectivity index (χ1v) is 6.35. The lowest BCUT2D eigenvalue weighted by molar-refractivity contribution is -0.0741. The Morgan fingerprint density at radius 2 is 1.94 bits per heavy atom. The van der Waals surface area contributed by atoms with Crippen LogP contribution in [0.1, 0.15) is 31.1 Å². The molecule has 4 nitrogen and oxygen atoms in total. The third kappa shape index (κ3) is 2.26. The Kier molecular flexibility index (Phi) is 3.68. The van der Waals surface area contributed by atoms with Crippen LogP contribution in [0.2, 0.25) is 0 Å². The highest BCUT2D eigenvalue weighted by Crippen LogP contribution is 2.26. The highest BCUT2D eigenvalue weighted by atomic mass is 16.3. The first-order valence-electron chi connectivity index (χ1n) is 6.35. The minimum absolute atomic E-state index is 0.0695. The molecule has 0 bridgehead atoms. The summed E-state index contributed by atoms with van der Waals surface area (Å²) in [5.74, 6) is -0.0683. The number of aliphatic hydroxyl groups is 1. The molecular formula is C14H20N2O2. The molecule has 1 amide bonds. The van der Waals surface area contributed by atoms with Gasteiger partial charge in [-0.3, -0.25) is 4.79 Å². The van der Waals surface area contributed by atoms with E-state index in [1.807, 2.05) is 44.0 Å². The fourth-order valence-electron chi connectivity index (χ4n) is 2.28. The molecule has 1 aliphatic heterocycles. The SMILES string of the molecule is CC(C)N1C[C@H](C)[C@H](O)N1C(=O)c1ccccc1.